The first kappa shape index (κ1) is 20.8. The minimum Gasteiger partial charge on any atom is -0.493 e. The number of anilines is 1. The van der Waals surface area contributed by atoms with Gasteiger partial charge in [0.15, 0.2) is 11.5 Å². The van der Waals surface area contributed by atoms with Crippen LogP contribution >= 0.6 is 0 Å². The molecule has 1 saturated carbocycles. The summed E-state index contributed by atoms with van der Waals surface area (Å²) in [7, 11) is 1.60. The second-order valence-corrected chi connectivity index (χ2v) is 7.72. The first-order valence-corrected chi connectivity index (χ1v) is 9.96. The van der Waals surface area contributed by atoms with Crippen molar-refractivity contribution in [1.82, 2.24) is 0 Å². The molecule has 1 aliphatic rings. The Morgan fingerprint density at radius 2 is 1.93 bits per heavy atom. The number of carboxylic acid groups (broad SMARTS) is 1. The molecule has 0 atom stereocenters. The van der Waals surface area contributed by atoms with Crippen molar-refractivity contribution in [2.75, 3.05) is 19.0 Å². The number of hydrogen-bond acceptors (Lipinski definition) is 4. The molecule has 2 N–H and O–H groups in total. The van der Waals surface area contributed by atoms with E-state index in [0.717, 1.165) is 24.8 Å². The molecule has 0 saturated heterocycles. The molecule has 0 aliphatic heterocycles. The smallest absolute Gasteiger partial charge is 0.329 e. The van der Waals surface area contributed by atoms with Crippen LogP contribution in [0.15, 0.2) is 54.6 Å². The third-order valence-corrected chi connectivity index (χ3v) is 5.50. The number of rotatable bonds is 8. The maximum Gasteiger partial charge on any atom is 0.329 e. The fraction of sp³-hybridized carbons (Fsp3) is 0.375. The Hall–Kier alpha value is -2.95. The van der Waals surface area contributed by atoms with Crippen LogP contribution in [0.1, 0.15) is 36.8 Å². The van der Waals surface area contributed by atoms with E-state index < -0.39 is 11.5 Å². The molecular weight excluding hydrogens is 366 g/mol. The Bertz CT molecular complexity index is 880. The molecule has 154 valence electrons. The van der Waals surface area contributed by atoms with Crippen LogP contribution in [0.5, 0.6) is 11.5 Å². The number of aliphatic carboxylic acids is 1. The fourth-order valence-corrected chi connectivity index (χ4v) is 3.71. The molecule has 2 aromatic rings. The quantitative estimate of drug-likeness (QED) is 0.616. The zero-order chi connectivity index (χ0) is 20.9. The van der Waals surface area contributed by atoms with Gasteiger partial charge in [0.2, 0.25) is 0 Å². The summed E-state index contributed by atoms with van der Waals surface area (Å²) in [6, 6.07) is 13.8. The Morgan fingerprint density at radius 3 is 2.59 bits per heavy atom. The first-order valence-electron chi connectivity index (χ1n) is 9.96. The van der Waals surface area contributed by atoms with E-state index in [1.54, 1.807) is 7.11 Å². The van der Waals surface area contributed by atoms with Gasteiger partial charge in [0.1, 0.15) is 5.54 Å². The minimum absolute atomic E-state index is 0.507. The second kappa shape index (κ2) is 9.03. The molecule has 0 bridgehead atoms. The van der Waals surface area contributed by atoms with Crippen molar-refractivity contribution >= 4 is 11.7 Å². The molecule has 5 nitrogen and oxygen atoms in total. The molecule has 5 heteroatoms. The molecule has 1 aliphatic carbocycles. The van der Waals surface area contributed by atoms with Crippen molar-refractivity contribution in [3.8, 4) is 11.5 Å². The number of aryl methyl sites for hydroxylation is 1. The highest BCUT2D eigenvalue weighted by molar-refractivity contribution is 5.83. The highest BCUT2D eigenvalue weighted by Gasteiger charge is 2.40. The van der Waals surface area contributed by atoms with E-state index in [1.165, 1.54) is 11.1 Å². The van der Waals surface area contributed by atoms with Crippen LogP contribution in [0.3, 0.4) is 0 Å². The lowest BCUT2D eigenvalue weighted by Gasteiger charge is -2.35. The number of allylic oxidation sites excluding steroid dienone is 1. The van der Waals surface area contributed by atoms with Crippen molar-refractivity contribution in [1.29, 1.82) is 0 Å². The highest BCUT2D eigenvalue weighted by atomic mass is 16.5. The van der Waals surface area contributed by atoms with Crippen LogP contribution < -0.4 is 14.8 Å². The monoisotopic (exact) mass is 395 g/mol. The predicted octanol–water partition coefficient (Wildman–Crippen LogP) is 4.99. The largest absolute Gasteiger partial charge is 0.493 e. The Morgan fingerprint density at radius 1 is 1.17 bits per heavy atom. The van der Waals surface area contributed by atoms with Gasteiger partial charge in [0.25, 0.3) is 0 Å². The Balaban J connectivity index is 1.72. The van der Waals surface area contributed by atoms with Crippen molar-refractivity contribution in [3.05, 3.63) is 65.7 Å². The number of hydrogen-bond donors (Lipinski definition) is 2. The minimum atomic E-state index is -0.978. The molecule has 0 unspecified atom stereocenters. The summed E-state index contributed by atoms with van der Waals surface area (Å²) in [5, 5.41) is 13.1. The molecular formula is C24H29NO4. The Labute approximate surface area is 172 Å². The number of carboxylic acids is 1. The maximum absolute atomic E-state index is 12.0. The molecule has 0 aromatic heterocycles. The lowest BCUT2D eigenvalue weighted by molar-refractivity contribution is -0.143. The van der Waals surface area contributed by atoms with Gasteiger partial charge in [-0.1, -0.05) is 42.0 Å². The molecule has 2 aromatic carbocycles. The lowest BCUT2D eigenvalue weighted by Crippen LogP contribution is -2.48. The van der Waals surface area contributed by atoms with Gasteiger partial charge in [-0.3, -0.25) is 0 Å². The Kier molecular flexibility index (Phi) is 6.47. The number of ether oxygens (including phenoxy) is 2. The van der Waals surface area contributed by atoms with Gasteiger partial charge in [-0.2, -0.15) is 0 Å². The van der Waals surface area contributed by atoms with Crippen LogP contribution in [0.25, 0.3) is 0 Å². The van der Waals surface area contributed by atoms with E-state index in [-0.39, 0.29) is 0 Å². The van der Waals surface area contributed by atoms with Crippen LogP contribution in [-0.4, -0.2) is 30.3 Å². The third-order valence-electron chi connectivity index (χ3n) is 5.50. The molecule has 0 heterocycles. The maximum atomic E-state index is 12.0. The zero-order valence-corrected chi connectivity index (χ0v) is 17.2. The van der Waals surface area contributed by atoms with Crippen LogP contribution in [0.2, 0.25) is 0 Å². The van der Waals surface area contributed by atoms with E-state index in [9.17, 15) is 9.90 Å². The topological polar surface area (TPSA) is 67.8 Å². The summed E-state index contributed by atoms with van der Waals surface area (Å²) >= 11 is 0. The van der Waals surface area contributed by atoms with E-state index >= 15 is 0 Å². The normalized spacial score (nSPS) is 15.6. The average Bonchev–Trinajstić information content (AvgIpc) is 2.70. The molecule has 1 fully saturated rings. The summed E-state index contributed by atoms with van der Waals surface area (Å²) in [5.41, 5.74) is 3.28. The summed E-state index contributed by atoms with van der Waals surface area (Å²) in [5.74, 6) is 0.398. The number of carbonyl (C=O) groups is 1. The summed E-state index contributed by atoms with van der Waals surface area (Å²) in [4.78, 5) is 12.0. The van der Waals surface area contributed by atoms with Gasteiger partial charge < -0.3 is 19.9 Å². The van der Waals surface area contributed by atoms with Crippen molar-refractivity contribution in [2.24, 2.45) is 0 Å². The van der Waals surface area contributed by atoms with E-state index in [2.05, 4.69) is 37.0 Å². The van der Waals surface area contributed by atoms with Gasteiger partial charge in [-0.15, -0.1) is 0 Å². The van der Waals surface area contributed by atoms with Crippen molar-refractivity contribution in [2.45, 2.75) is 44.6 Å². The number of benzene rings is 2. The summed E-state index contributed by atoms with van der Waals surface area (Å²) in [6.45, 7) is 6.57. The third kappa shape index (κ3) is 5.11. The first-order chi connectivity index (χ1) is 13.9. The van der Waals surface area contributed by atoms with E-state index in [1.807, 2.05) is 24.3 Å². The van der Waals surface area contributed by atoms with E-state index in [0.29, 0.717) is 36.6 Å². The molecule has 0 radical (unpaired) electrons. The van der Waals surface area contributed by atoms with Gasteiger partial charge in [0.05, 0.1) is 13.7 Å². The number of methoxy groups -OCH3 is 1. The lowest BCUT2D eigenvalue weighted by atomic mass is 9.79. The van der Waals surface area contributed by atoms with Gasteiger partial charge in [-0.25, -0.2) is 4.79 Å². The van der Waals surface area contributed by atoms with Crippen molar-refractivity contribution < 1.29 is 19.4 Å². The van der Waals surface area contributed by atoms with Crippen LogP contribution in [-0.2, 0) is 11.2 Å². The summed E-state index contributed by atoms with van der Waals surface area (Å²) in [6.07, 6.45) is 3.27. The van der Waals surface area contributed by atoms with Crippen LogP contribution in [0, 0.1) is 6.92 Å². The van der Waals surface area contributed by atoms with Gasteiger partial charge in [0, 0.05) is 18.2 Å². The standard InChI is InChI=1S/C24H29NO4/c1-17-9-12-24(13-10-17,23(26)27)25-20-7-8-21(28-3)22(16-20)29-14-11-19-6-4-5-18(2)15-19/h4-8,15-16,25H,1,9-14H2,2-3H3,(H,26,27). The highest BCUT2D eigenvalue weighted by Crippen LogP contribution is 2.37. The van der Waals surface area contributed by atoms with Crippen LogP contribution in [0.4, 0.5) is 5.69 Å². The number of nitrogens with one attached hydrogen (secondary N) is 1. The second-order valence-electron chi connectivity index (χ2n) is 7.72. The van der Waals surface area contributed by atoms with Crippen molar-refractivity contribution in [3.63, 3.8) is 0 Å². The fourth-order valence-electron chi connectivity index (χ4n) is 3.71. The van der Waals surface area contributed by atoms with Gasteiger partial charge in [-0.05, 0) is 50.3 Å². The molecule has 0 spiro atoms. The molecule has 3 rings (SSSR count). The zero-order valence-electron chi connectivity index (χ0n) is 17.2. The molecule has 29 heavy (non-hydrogen) atoms. The summed E-state index contributed by atoms with van der Waals surface area (Å²) < 4.78 is 11.4. The SMILES string of the molecule is C=C1CCC(Nc2ccc(OC)c(OCCc3cccc(C)c3)c2)(C(=O)O)CC1. The average molecular weight is 395 g/mol. The molecule has 0 amide bonds. The van der Waals surface area contributed by atoms with E-state index in [4.69, 9.17) is 9.47 Å². The predicted molar refractivity (Wildman–Crippen MR) is 115 cm³/mol. The van der Waals surface area contributed by atoms with Gasteiger partial charge >= 0.3 is 5.97 Å².